The molecule has 0 unspecified atom stereocenters. The number of hydrogen-bond acceptors (Lipinski definition) is 5. The molecule has 3 N–H and O–H groups in total. The van der Waals surface area contributed by atoms with E-state index in [2.05, 4.69) is 9.97 Å². The molecule has 122 valence electrons. The summed E-state index contributed by atoms with van der Waals surface area (Å²) in [5.74, 6) is -0.0610. The van der Waals surface area contributed by atoms with E-state index < -0.39 is 6.10 Å². The Morgan fingerprint density at radius 1 is 1.35 bits per heavy atom. The number of benzene rings is 1. The van der Waals surface area contributed by atoms with Gasteiger partial charge in [0.25, 0.3) is 0 Å². The number of carbonyl (C=O) groups is 1. The Labute approximate surface area is 135 Å². The highest BCUT2D eigenvalue weighted by Gasteiger charge is 2.32. The van der Waals surface area contributed by atoms with Crippen molar-refractivity contribution in [1.29, 1.82) is 0 Å². The molecular weight excluding hydrogens is 292 g/mol. The van der Waals surface area contributed by atoms with E-state index in [-0.39, 0.29) is 17.9 Å². The van der Waals surface area contributed by atoms with E-state index in [0.717, 1.165) is 16.7 Å². The molecule has 6 nitrogen and oxygen atoms in total. The zero-order valence-electron chi connectivity index (χ0n) is 13.2. The standard InChI is InChI=1S/C17H22N4O2/c1-21(17(23)11-6-7-16(22)13(18)8-11)10-12-9-19-14-4-2-3-5-15(14)20-12/h2-5,9,11,13,16,22H,6-8,10,18H2,1H3/t11-,13+,16+/m0/s1. The second kappa shape index (κ2) is 6.60. The van der Waals surface area contributed by atoms with Crippen LogP contribution < -0.4 is 5.73 Å². The predicted molar refractivity (Wildman–Crippen MR) is 87.3 cm³/mol. The van der Waals surface area contributed by atoms with Crippen LogP contribution in [-0.2, 0) is 11.3 Å². The van der Waals surface area contributed by atoms with E-state index in [1.54, 1.807) is 18.1 Å². The summed E-state index contributed by atoms with van der Waals surface area (Å²) < 4.78 is 0. The minimum absolute atomic E-state index is 0.0577. The van der Waals surface area contributed by atoms with E-state index >= 15 is 0 Å². The van der Waals surface area contributed by atoms with Crippen molar-refractivity contribution in [2.24, 2.45) is 11.7 Å². The van der Waals surface area contributed by atoms with E-state index in [4.69, 9.17) is 5.73 Å². The molecule has 1 amide bonds. The molecule has 1 aliphatic carbocycles. The van der Waals surface area contributed by atoms with Crippen molar-refractivity contribution in [3.05, 3.63) is 36.2 Å². The van der Waals surface area contributed by atoms with Gasteiger partial charge in [-0.3, -0.25) is 9.78 Å². The van der Waals surface area contributed by atoms with Gasteiger partial charge < -0.3 is 15.7 Å². The van der Waals surface area contributed by atoms with Crippen molar-refractivity contribution in [3.8, 4) is 0 Å². The smallest absolute Gasteiger partial charge is 0.225 e. The zero-order chi connectivity index (χ0) is 16.4. The lowest BCUT2D eigenvalue weighted by molar-refractivity contribution is -0.136. The number of rotatable bonds is 3. The van der Waals surface area contributed by atoms with Crippen LogP contribution in [0.25, 0.3) is 11.0 Å². The monoisotopic (exact) mass is 314 g/mol. The van der Waals surface area contributed by atoms with Crippen molar-refractivity contribution < 1.29 is 9.90 Å². The van der Waals surface area contributed by atoms with Gasteiger partial charge in [0.1, 0.15) is 0 Å². The van der Waals surface area contributed by atoms with E-state index in [9.17, 15) is 9.90 Å². The van der Waals surface area contributed by atoms with E-state index in [1.807, 2.05) is 24.3 Å². The average molecular weight is 314 g/mol. The Morgan fingerprint density at radius 3 is 2.83 bits per heavy atom. The van der Waals surface area contributed by atoms with Crippen molar-refractivity contribution in [2.75, 3.05) is 7.05 Å². The van der Waals surface area contributed by atoms with Gasteiger partial charge in [0.15, 0.2) is 0 Å². The predicted octanol–water partition coefficient (Wildman–Crippen LogP) is 1.08. The van der Waals surface area contributed by atoms with Crippen LogP contribution in [0.4, 0.5) is 0 Å². The minimum atomic E-state index is -0.490. The first-order chi connectivity index (χ1) is 11.0. The maximum atomic E-state index is 12.6. The van der Waals surface area contributed by atoms with Gasteiger partial charge in [0, 0.05) is 19.0 Å². The van der Waals surface area contributed by atoms with Crippen molar-refractivity contribution in [3.63, 3.8) is 0 Å². The molecule has 1 saturated carbocycles. The fourth-order valence-corrected chi connectivity index (χ4v) is 3.12. The molecule has 23 heavy (non-hydrogen) atoms. The summed E-state index contributed by atoms with van der Waals surface area (Å²) in [6.45, 7) is 0.422. The molecule has 1 heterocycles. The van der Waals surface area contributed by atoms with Gasteiger partial charge in [-0.2, -0.15) is 0 Å². The van der Waals surface area contributed by atoms with Gasteiger partial charge in [-0.1, -0.05) is 12.1 Å². The molecule has 1 aromatic carbocycles. The number of nitrogens with two attached hydrogens (primary N) is 1. The average Bonchev–Trinajstić information content (AvgIpc) is 2.56. The number of nitrogens with zero attached hydrogens (tertiary/aromatic N) is 3. The van der Waals surface area contributed by atoms with Crippen LogP contribution in [0.5, 0.6) is 0 Å². The highest BCUT2D eigenvalue weighted by Crippen LogP contribution is 2.25. The molecule has 3 atom stereocenters. The largest absolute Gasteiger partial charge is 0.392 e. The number of para-hydroxylation sites is 2. The van der Waals surface area contributed by atoms with Crippen LogP contribution in [0.15, 0.2) is 30.5 Å². The van der Waals surface area contributed by atoms with E-state index in [1.165, 1.54) is 0 Å². The third kappa shape index (κ3) is 3.48. The molecule has 1 aliphatic rings. The topological polar surface area (TPSA) is 92.3 Å². The molecule has 0 radical (unpaired) electrons. The molecule has 0 saturated heterocycles. The van der Waals surface area contributed by atoms with Crippen LogP contribution in [0.3, 0.4) is 0 Å². The summed E-state index contributed by atoms with van der Waals surface area (Å²) >= 11 is 0. The Morgan fingerprint density at radius 2 is 2.09 bits per heavy atom. The third-order valence-electron chi connectivity index (χ3n) is 4.48. The number of hydrogen-bond donors (Lipinski definition) is 2. The third-order valence-corrected chi connectivity index (χ3v) is 4.48. The normalized spacial score (nSPS) is 24.6. The first kappa shape index (κ1) is 15.8. The number of fused-ring (bicyclic) bond motifs is 1. The number of aromatic nitrogens is 2. The van der Waals surface area contributed by atoms with Gasteiger partial charge in [-0.25, -0.2) is 4.98 Å². The van der Waals surface area contributed by atoms with Crippen LogP contribution in [0.2, 0.25) is 0 Å². The number of aliphatic hydroxyl groups is 1. The van der Waals surface area contributed by atoms with Gasteiger partial charge in [-0.05, 0) is 31.4 Å². The van der Waals surface area contributed by atoms with Gasteiger partial charge in [0.2, 0.25) is 5.91 Å². The van der Waals surface area contributed by atoms with Crippen LogP contribution >= 0.6 is 0 Å². The Balaban J connectivity index is 1.67. The summed E-state index contributed by atoms with van der Waals surface area (Å²) in [7, 11) is 1.77. The molecular formula is C17H22N4O2. The van der Waals surface area contributed by atoms with Gasteiger partial charge >= 0.3 is 0 Å². The van der Waals surface area contributed by atoms with Crippen molar-refractivity contribution in [1.82, 2.24) is 14.9 Å². The SMILES string of the molecule is CN(Cc1cnc2ccccc2n1)C(=O)[C@H]1CC[C@@H](O)[C@H](N)C1. The second-order valence-corrected chi connectivity index (χ2v) is 6.29. The molecule has 0 spiro atoms. The van der Waals surface area contributed by atoms with Crippen LogP contribution in [0.1, 0.15) is 25.0 Å². The lowest BCUT2D eigenvalue weighted by atomic mass is 9.83. The fourth-order valence-electron chi connectivity index (χ4n) is 3.12. The van der Waals surface area contributed by atoms with Crippen molar-refractivity contribution in [2.45, 2.75) is 38.0 Å². The number of carbonyl (C=O) groups excluding carboxylic acids is 1. The Hall–Kier alpha value is -2.05. The van der Waals surface area contributed by atoms with Gasteiger partial charge in [-0.15, -0.1) is 0 Å². The second-order valence-electron chi connectivity index (χ2n) is 6.29. The summed E-state index contributed by atoms with van der Waals surface area (Å²) in [6, 6.07) is 7.36. The molecule has 0 bridgehead atoms. The summed E-state index contributed by atoms with van der Waals surface area (Å²) in [5, 5.41) is 9.68. The summed E-state index contributed by atoms with van der Waals surface area (Å²) in [5.41, 5.74) is 8.31. The lowest BCUT2D eigenvalue weighted by Gasteiger charge is -2.32. The molecule has 1 aromatic heterocycles. The van der Waals surface area contributed by atoms with Crippen LogP contribution in [0, 0.1) is 5.92 Å². The number of amides is 1. The molecule has 3 rings (SSSR count). The van der Waals surface area contributed by atoms with Gasteiger partial charge in [0.05, 0.1) is 35.6 Å². The zero-order valence-corrected chi connectivity index (χ0v) is 13.2. The fraction of sp³-hybridized carbons (Fsp3) is 0.471. The molecule has 6 heteroatoms. The summed E-state index contributed by atoms with van der Waals surface area (Å²) in [6.07, 6.45) is 3.02. The molecule has 1 fully saturated rings. The lowest BCUT2D eigenvalue weighted by Crippen LogP contribution is -2.45. The highest BCUT2D eigenvalue weighted by atomic mass is 16.3. The highest BCUT2D eigenvalue weighted by molar-refractivity contribution is 5.79. The molecule has 0 aliphatic heterocycles. The first-order valence-corrected chi connectivity index (χ1v) is 7.94. The maximum Gasteiger partial charge on any atom is 0.225 e. The Bertz CT molecular complexity index is 706. The Kier molecular flexibility index (Phi) is 4.54. The van der Waals surface area contributed by atoms with Crippen LogP contribution in [-0.4, -0.2) is 45.1 Å². The molecule has 2 aromatic rings. The summed E-state index contributed by atoms with van der Waals surface area (Å²) in [4.78, 5) is 23.2. The van der Waals surface area contributed by atoms with E-state index in [0.29, 0.717) is 25.8 Å². The number of aliphatic hydroxyl groups excluding tert-OH is 1. The first-order valence-electron chi connectivity index (χ1n) is 7.94. The minimum Gasteiger partial charge on any atom is -0.392 e. The quantitative estimate of drug-likeness (QED) is 0.884. The van der Waals surface area contributed by atoms with Crippen molar-refractivity contribution >= 4 is 16.9 Å². The maximum absolute atomic E-state index is 12.6.